The third kappa shape index (κ3) is 3.95. The second kappa shape index (κ2) is 7.70. The second-order valence-electron chi connectivity index (χ2n) is 5.89. The van der Waals surface area contributed by atoms with E-state index in [1.807, 2.05) is 48.5 Å². The fraction of sp³-hybridized carbons (Fsp3) is 0.0476. The molecule has 1 aliphatic heterocycles. The summed E-state index contributed by atoms with van der Waals surface area (Å²) in [7, 11) is 0. The molecule has 4 rings (SSSR count). The molecule has 2 amide bonds. The Labute approximate surface area is 155 Å². The fourth-order valence-corrected chi connectivity index (χ4v) is 2.86. The van der Waals surface area contributed by atoms with Crippen molar-refractivity contribution in [2.24, 2.45) is 11.5 Å². The molecular formula is C21H17FN2O3. The lowest BCUT2D eigenvalue weighted by Crippen LogP contribution is -2.25. The minimum Gasteiger partial charge on any atom is -0.457 e. The van der Waals surface area contributed by atoms with Crippen LogP contribution in [0.15, 0.2) is 72.8 Å². The van der Waals surface area contributed by atoms with Crippen molar-refractivity contribution >= 4 is 11.8 Å². The summed E-state index contributed by atoms with van der Waals surface area (Å²) in [6, 6.07) is 20.2. The molecule has 0 fully saturated rings. The normalized spacial score (nSPS) is 11.9. The molecule has 0 spiro atoms. The molecule has 1 aliphatic rings. The number of para-hydroxylation sites is 2. The van der Waals surface area contributed by atoms with E-state index >= 15 is 0 Å². The van der Waals surface area contributed by atoms with Gasteiger partial charge in [0.25, 0.3) is 0 Å². The second-order valence-corrected chi connectivity index (χ2v) is 5.89. The molecule has 3 aromatic carbocycles. The van der Waals surface area contributed by atoms with Gasteiger partial charge in [-0.05, 0) is 30.3 Å². The van der Waals surface area contributed by atoms with E-state index in [9.17, 15) is 14.0 Å². The Morgan fingerprint density at radius 2 is 1.37 bits per heavy atom. The molecule has 136 valence electrons. The van der Waals surface area contributed by atoms with Crippen LogP contribution >= 0.6 is 0 Å². The molecule has 3 aromatic rings. The van der Waals surface area contributed by atoms with Gasteiger partial charge in [0.1, 0.15) is 17.3 Å². The monoisotopic (exact) mass is 364 g/mol. The van der Waals surface area contributed by atoms with E-state index in [0.29, 0.717) is 11.5 Å². The molecular weight excluding hydrogens is 347 g/mol. The van der Waals surface area contributed by atoms with Gasteiger partial charge in [0, 0.05) is 16.7 Å². The van der Waals surface area contributed by atoms with E-state index in [0.717, 1.165) is 17.2 Å². The predicted octanol–water partition coefficient (Wildman–Crippen LogP) is 3.33. The molecule has 0 saturated carbocycles. The number of halogens is 1. The van der Waals surface area contributed by atoms with Gasteiger partial charge in [0.2, 0.25) is 11.8 Å². The maximum absolute atomic E-state index is 12.3. The molecule has 1 heterocycles. The predicted molar refractivity (Wildman–Crippen MR) is 98.9 cm³/mol. The van der Waals surface area contributed by atoms with Gasteiger partial charge >= 0.3 is 0 Å². The number of hydrogen-bond acceptors (Lipinski definition) is 3. The number of carbonyl (C=O) groups is 2. The van der Waals surface area contributed by atoms with E-state index in [4.69, 9.17) is 16.2 Å². The van der Waals surface area contributed by atoms with E-state index in [1.54, 1.807) is 0 Å². The largest absolute Gasteiger partial charge is 0.457 e. The summed E-state index contributed by atoms with van der Waals surface area (Å²) in [5.41, 5.74) is 12.2. The van der Waals surface area contributed by atoms with Crippen LogP contribution in [0.1, 0.15) is 27.4 Å². The number of amides is 2. The lowest BCUT2D eigenvalue weighted by Gasteiger charge is -2.25. The minimum atomic E-state index is -0.612. The maximum atomic E-state index is 12.3. The highest BCUT2D eigenvalue weighted by atomic mass is 19.1. The summed E-state index contributed by atoms with van der Waals surface area (Å²) < 4.78 is 18.1. The van der Waals surface area contributed by atoms with Gasteiger partial charge < -0.3 is 16.2 Å². The van der Waals surface area contributed by atoms with Crippen LogP contribution in [0.4, 0.5) is 4.39 Å². The van der Waals surface area contributed by atoms with Crippen molar-refractivity contribution in [3.05, 3.63) is 95.3 Å². The Bertz CT molecular complexity index is 958. The Morgan fingerprint density at radius 3 is 1.81 bits per heavy atom. The SMILES string of the molecule is NC(=O)C1c2ccccc2Oc2ccccc21.NC(=O)c1cccc(F)c1. The number of benzene rings is 3. The number of rotatable bonds is 2. The lowest BCUT2D eigenvalue weighted by atomic mass is 9.87. The zero-order chi connectivity index (χ0) is 19.4. The first kappa shape index (κ1) is 18.1. The fourth-order valence-electron chi connectivity index (χ4n) is 2.86. The van der Waals surface area contributed by atoms with Gasteiger partial charge in [-0.25, -0.2) is 4.39 Å². The third-order valence-electron chi connectivity index (χ3n) is 4.07. The Kier molecular flexibility index (Phi) is 5.17. The molecule has 0 atom stereocenters. The Balaban J connectivity index is 0.000000180. The highest BCUT2D eigenvalue weighted by Crippen LogP contribution is 2.43. The zero-order valence-corrected chi connectivity index (χ0v) is 14.3. The van der Waals surface area contributed by atoms with Crippen molar-refractivity contribution in [3.63, 3.8) is 0 Å². The van der Waals surface area contributed by atoms with E-state index in [-0.39, 0.29) is 11.5 Å². The highest BCUT2D eigenvalue weighted by Gasteiger charge is 2.30. The van der Waals surface area contributed by atoms with E-state index in [1.165, 1.54) is 18.2 Å². The van der Waals surface area contributed by atoms with E-state index in [2.05, 4.69) is 0 Å². The van der Waals surface area contributed by atoms with Crippen molar-refractivity contribution in [1.29, 1.82) is 0 Å². The summed E-state index contributed by atoms with van der Waals surface area (Å²) in [5, 5.41) is 0. The molecule has 0 unspecified atom stereocenters. The van der Waals surface area contributed by atoms with Crippen molar-refractivity contribution in [1.82, 2.24) is 0 Å². The molecule has 0 bridgehead atoms. The first-order chi connectivity index (χ1) is 13.0. The standard InChI is InChI=1S/C14H11NO2.C7H6FNO/c15-14(16)13-9-5-1-3-7-11(9)17-12-8-4-2-6-10(12)13;8-6-3-1-2-5(4-6)7(9)10/h1-8,13H,(H2,15,16);1-4H,(H2,9,10). The number of carbonyl (C=O) groups excluding carboxylic acids is 2. The molecule has 27 heavy (non-hydrogen) atoms. The summed E-state index contributed by atoms with van der Waals surface area (Å²) in [5.74, 6) is -0.426. The van der Waals surface area contributed by atoms with Crippen LogP contribution in [-0.2, 0) is 4.79 Å². The van der Waals surface area contributed by atoms with Crippen molar-refractivity contribution in [3.8, 4) is 11.5 Å². The van der Waals surface area contributed by atoms with Crippen LogP contribution in [0.3, 0.4) is 0 Å². The maximum Gasteiger partial charge on any atom is 0.248 e. The van der Waals surface area contributed by atoms with Gasteiger partial charge in [-0.2, -0.15) is 0 Å². The van der Waals surface area contributed by atoms with Crippen LogP contribution in [0.5, 0.6) is 11.5 Å². The first-order valence-corrected chi connectivity index (χ1v) is 8.17. The van der Waals surface area contributed by atoms with Gasteiger partial charge in [-0.1, -0.05) is 42.5 Å². The van der Waals surface area contributed by atoms with Gasteiger partial charge in [-0.15, -0.1) is 0 Å². The number of ether oxygens (including phenoxy) is 1. The highest BCUT2D eigenvalue weighted by molar-refractivity contribution is 5.92. The van der Waals surface area contributed by atoms with Crippen molar-refractivity contribution < 1.29 is 18.7 Å². The average molecular weight is 364 g/mol. The smallest absolute Gasteiger partial charge is 0.248 e. The number of hydrogen-bond donors (Lipinski definition) is 2. The van der Waals surface area contributed by atoms with Gasteiger partial charge in [0.05, 0.1) is 5.92 Å². The number of nitrogens with two attached hydrogens (primary N) is 2. The van der Waals surface area contributed by atoms with Crippen LogP contribution in [0.25, 0.3) is 0 Å². The molecule has 0 radical (unpaired) electrons. The number of primary amides is 2. The molecule has 4 N–H and O–H groups in total. The van der Waals surface area contributed by atoms with Crippen LogP contribution in [0.2, 0.25) is 0 Å². The number of fused-ring (bicyclic) bond motifs is 2. The Morgan fingerprint density at radius 1 is 0.815 bits per heavy atom. The summed E-state index contributed by atoms with van der Waals surface area (Å²) >= 11 is 0. The minimum absolute atomic E-state index is 0.194. The van der Waals surface area contributed by atoms with E-state index < -0.39 is 17.6 Å². The summed E-state index contributed by atoms with van der Waals surface area (Å²) in [6.45, 7) is 0. The van der Waals surface area contributed by atoms with Crippen LogP contribution in [0, 0.1) is 5.82 Å². The topological polar surface area (TPSA) is 95.4 Å². The summed E-state index contributed by atoms with van der Waals surface area (Å²) in [4.78, 5) is 22.1. The van der Waals surface area contributed by atoms with Crippen molar-refractivity contribution in [2.75, 3.05) is 0 Å². The first-order valence-electron chi connectivity index (χ1n) is 8.17. The molecule has 0 aliphatic carbocycles. The van der Waals surface area contributed by atoms with Crippen LogP contribution in [-0.4, -0.2) is 11.8 Å². The third-order valence-corrected chi connectivity index (χ3v) is 4.07. The molecule has 0 saturated heterocycles. The molecule has 6 heteroatoms. The molecule has 5 nitrogen and oxygen atoms in total. The van der Waals surface area contributed by atoms with Gasteiger partial charge in [0.15, 0.2) is 0 Å². The quantitative estimate of drug-likeness (QED) is 0.730. The lowest BCUT2D eigenvalue weighted by molar-refractivity contribution is -0.118. The summed E-state index contributed by atoms with van der Waals surface area (Å²) in [6.07, 6.45) is 0. The Hall–Kier alpha value is -3.67. The van der Waals surface area contributed by atoms with Crippen LogP contribution < -0.4 is 16.2 Å². The average Bonchev–Trinajstić information content (AvgIpc) is 2.66. The van der Waals surface area contributed by atoms with Crippen molar-refractivity contribution in [2.45, 2.75) is 5.92 Å². The molecule has 0 aromatic heterocycles. The zero-order valence-electron chi connectivity index (χ0n) is 14.3. The van der Waals surface area contributed by atoms with Gasteiger partial charge in [-0.3, -0.25) is 9.59 Å².